The van der Waals surface area contributed by atoms with Crippen LogP contribution in [0.4, 0.5) is 15.3 Å². The highest BCUT2D eigenvalue weighted by molar-refractivity contribution is 8.01. The average Bonchev–Trinajstić information content (AvgIpc) is 3.16. The molecule has 0 bridgehead atoms. The van der Waals surface area contributed by atoms with Crippen LogP contribution in [0.15, 0.2) is 28.6 Å². The summed E-state index contributed by atoms with van der Waals surface area (Å²) in [5, 5.41) is 20.2. The van der Waals surface area contributed by atoms with Gasteiger partial charge in [-0.2, -0.15) is 5.26 Å². The van der Waals surface area contributed by atoms with E-state index in [9.17, 15) is 14.4 Å². The highest BCUT2D eigenvalue weighted by atomic mass is 32.2. The number of anilines is 2. The molecular weight excluding hydrogens is 387 g/mol. The number of aromatic nitrogens is 3. The molecule has 138 valence electrons. The van der Waals surface area contributed by atoms with E-state index in [2.05, 4.69) is 21.6 Å². The molecule has 1 aromatic carbocycles. The number of nitrogens with one attached hydrogen (secondary N) is 1. The summed E-state index contributed by atoms with van der Waals surface area (Å²) in [6.07, 6.45) is 0. The van der Waals surface area contributed by atoms with E-state index in [1.54, 1.807) is 16.7 Å². The fourth-order valence-corrected chi connectivity index (χ4v) is 3.98. The minimum absolute atomic E-state index is 0.0895. The van der Waals surface area contributed by atoms with Gasteiger partial charge in [-0.1, -0.05) is 23.1 Å². The van der Waals surface area contributed by atoms with Crippen LogP contribution < -0.4 is 11.1 Å². The molecule has 0 aliphatic carbocycles. The maximum atomic E-state index is 13.3. The Balaban J connectivity index is 1.89. The van der Waals surface area contributed by atoms with Gasteiger partial charge < -0.3 is 11.1 Å². The predicted octanol–water partition coefficient (Wildman–Crippen LogP) is 3.27. The number of rotatable bonds is 5. The number of carbonyl (C=O) groups is 1. The lowest BCUT2D eigenvalue weighted by molar-refractivity contribution is -0.113. The second-order valence-electron chi connectivity index (χ2n) is 5.60. The molecule has 10 heteroatoms. The van der Waals surface area contributed by atoms with Crippen LogP contribution in [-0.2, 0) is 4.79 Å². The van der Waals surface area contributed by atoms with Crippen LogP contribution in [0.25, 0.3) is 5.69 Å². The summed E-state index contributed by atoms with van der Waals surface area (Å²) in [6, 6.07) is 7.99. The normalized spacial score (nSPS) is 10.6. The van der Waals surface area contributed by atoms with Gasteiger partial charge in [0.25, 0.3) is 0 Å². The lowest BCUT2D eigenvalue weighted by atomic mass is 10.2. The average molecular weight is 402 g/mol. The number of benzene rings is 1. The number of nitrogens with two attached hydrogens (primary N) is 1. The van der Waals surface area contributed by atoms with Gasteiger partial charge >= 0.3 is 0 Å². The summed E-state index contributed by atoms with van der Waals surface area (Å²) < 4.78 is 15.6. The highest BCUT2D eigenvalue weighted by Gasteiger charge is 2.21. The van der Waals surface area contributed by atoms with Gasteiger partial charge in [0, 0.05) is 11.4 Å². The molecule has 3 aromatic rings. The molecule has 0 radical (unpaired) electrons. The molecule has 0 aliphatic rings. The van der Waals surface area contributed by atoms with Crippen LogP contribution in [0.1, 0.15) is 16.8 Å². The van der Waals surface area contributed by atoms with Crippen molar-refractivity contribution in [2.24, 2.45) is 0 Å². The van der Waals surface area contributed by atoms with E-state index in [0.29, 0.717) is 26.5 Å². The number of halogens is 1. The van der Waals surface area contributed by atoms with E-state index >= 15 is 0 Å². The summed E-state index contributed by atoms with van der Waals surface area (Å²) in [5.74, 6) is -0.210. The number of nitrogens with zero attached hydrogens (tertiary/aromatic N) is 4. The third-order valence-electron chi connectivity index (χ3n) is 3.92. The van der Waals surface area contributed by atoms with Gasteiger partial charge in [0.2, 0.25) is 11.0 Å². The topological polar surface area (TPSA) is 110 Å². The van der Waals surface area contributed by atoms with Crippen molar-refractivity contribution in [3.8, 4) is 11.8 Å². The Bertz CT molecular complexity index is 1040. The zero-order valence-electron chi connectivity index (χ0n) is 14.5. The van der Waals surface area contributed by atoms with E-state index in [1.807, 2.05) is 13.8 Å². The van der Waals surface area contributed by atoms with E-state index in [1.165, 1.54) is 35.2 Å². The fourth-order valence-electron chi connectivity index (χ4n) is 2.55. The Morgan fingerprint density at radius 2 is 2.07 bits per heavy atom. The number of nitrogen functional groups attached to an aromatic ring is 1. The van der Waals surface area contributed by atoms with Gasteiger partial charge in [0.1, 0.15) is 17.7 Å². The van der Waals surface area contributed by atoms with Crippen molar-refractivity contribution < 1.29 is 9.18 Å². The van der Waals surface area contributed by atoms with Crippen molar-refractivity contribution in [3.05, 3.63) is 46.9 Å². The Morgan fingerprint density at radius 1 is 1.37 bits per heavy atom. The van der Waals surface area contributed by atoms with Crippen molar-refractivity contribution in [2.75, 3.05) is 16.8 Å². The lowest BCUT2D eigenvalue weighted by Gasteiger charge is -2.13. The monoisotopic (exact) mass is 402 g/mol. The second kappa shape index (κ2) is 7.77. The van der Waals surface area contributed by atoms with Crippen LogP contribution >= 0.6 is 23.1 Å². The first-order chi connectivity index (χ1) is 12.9. The quantitative estimate of drug-likeness (QED) is 0.634. The van der Waals surface area contributed by atoms with Crippen molar-refractivity contribution >= 4 is 40.0 Å². The van der Waals surface area contributed by atoms with Crippen LogP contribution in [0.3, 0.4) is 0 Å². The molecule has 0 aliphatic heterocycles. The number of carbonyl (C=O) groups excluding carboxylic acids is 1. The standard InChI is InChI=1S/C17H15FN6OS2/c1-9-10(2)24(12-5-3-11(18)4-6-12)15(13(9)7-19)21-14(25)8-26-17-23-22-16(20)27-17/h3-6H,8H2,1-2H3,(H2,20,22)(H,21,25). The summed E-state index contributed by atoms with van der Waals surface area (Å²) in [5.41, 5.74) is 8.09. The molecule has 0 saturated heterocycles. The minimum Gasteiger partial charge on any atom is -0.374 e. The van der Waals surface area contributed by atoms with E-state index in [-0.39, 0.29) is 17.5 Å². The van der Waals surface area contributed by atoms with Crippen LogP contribution in [-0.4, -0.2) is 26.4 Å². The van der Waals surface area contributed by atoms with Crippen LogP contribution in [0.5, 0.6) is 0 Å². The predicted molar refractivity (Wildman–Crippen MR) is 104 cm³/mol. The molecule has 1 amide bonds. The van der Waals surface area contributed by atoms with Gasteiger partial charge in [0.15, 0.2) is 4.34 Å². The third-order valence-corrected chi connectivity index (χ3v) is 5.80. The molecular formula is C17H15FN6OS2. The number of hydrogen-bond acceptors (Lipinski definition) is 7. The van der Waals surface area contributed by atoms with Crippen LogP contribution in [0.2, 0.25) is 0 Å². The number of amides is 1. The van der Waals surface area contributed by atoms with Crippen molar-refractivity contribution in [1.82, 2.24) is 14.8 Å². The Kier molecular flexibility index (Phi) is 5.43. The van der Waals surface area contributed by atoms with E-state index < -0.39 is 0 Å². The lowest BCUT2D eigenvalue weighted by Crippen LogP contribution is -2.17. The van der Waals surface area contributed by atoms with Crippen LogP contribution in [0, 0.1) is 31.0 Å². The second-order valence-corrected chi connectivity index (χ2v) is 7.83. The molecule has 0 fully saturated rings. The Morgan fingerprint density at radius 3 is 2.67 bits per heavy atom. The SMILES string of the molecule is Cc1c(C#N)c(NC(=O)CSc2nnc(N)s2)n(-c2ccc(F)cc2)c1C. The minimum atomic E-state index is -0.362. The number of nitriles is 1. The molecule has 2 aromatic heterocycles. The number of thioether (sulfide) groups is 1. The third kappa shape index (κ3) is 3.94. The van der Waals surface area contributed by atoms with Gasteiger partial charge in [-0.3, -0.25) is 9.36 Å². The van der Waals surface area contributed by atoms with E-state index in [4.69, 9.17) is 5.73 Å². The summed E-state index contributed by atoms with van der Waals surface area (Å²) in [7, 11) is 0. The molecule has 0 spiro atoms. The van der Waals surface area contributed by atoms with Crippen molar-refractivity contribution in [1.29, 1.82) is 5.26 Å². The van der Waals surface area contributed by atoms with Gasteiger partial charge in [-0.05, 0) is 43.7 Å². The Labute approximate surface area is 163 Å². The molecule has 0 atom stereocenters. The van der Waals surface area contributed by atoms with Gasteiger partial charge in [-0.25, -0.2) is 4.39 Å². The maximum absolute atomic E-state index is 13.3. The first-order valence-corrected chi connectivity index (χ1v) is 9.60. The van der Waals surface area contributed by atoms with Gasteiger partial charge in [-0.15, -0.1) is 10.2 Å². The molecule has 27 heavy (non-hydrogen) atoms. The van der Waals surface area contributed by atoms with E-state index in [0.717, 1.165) is 11.3 Å². The number of hydrogen-bond donors (Lipinski definition) is 2. The first kappa shape index (κ1) is 18.9. The molecule has 0 saturated carbocycles. The summed E-state index contributed by atoms with van der Waals surface area (Å²) in [6.45, 7) is 3.65. The molecule has 2 heterocycles. The zero-order valence-corrected chi connectivity index (χ0v) is 16.1. The molecule has 0 unspecified atom stereocenters. The van der Waals surface area contributed by atoms with Gasteiger partial charge in [0.05, 0.1) is 11.3 Å². The largest absolute Gasteiger partial charge is 0.374 e. The molecule has 3 rings (SSSR count). The van der Waals surface area contributed by atoms with Crippen molar-refractivity contribution in [2.45, 2.75) is 18.2 Å². The zero-order chi connectivity index (χ0) is 19.6. The molecule has 7 nitrogen and oxygen atoms in total. The molecule has 3 N–H and O–H groups in total. The maximum Gasteiger partial charge on any atom is 0.235 e. The Hall–Kier alpha value is -2.90. The smallest absolute Gasteiger partial charge is 0.235 e. The summed E-state index contributed by atoms with van der Waals surface area (Å²) in [4.78, 5) is 12.4. The van der Waals surface area contributed by atoms with Crippen molar-refractivity contribution in [3.63, 3.8) is 0 Å². The highest BCUT2D eigenvalue weighted by Crippen LogP contribution is 2.30. The summed E-state index contributed by atoms with van der Waals surface area (Å²) >= 11 is 2.40. The fraction of sp³-hybridized carbons (Fsp3) is 0.176. The first-order valence-electron chi connectivity index (χ1n) is 7.80.